The molecule has 0 bridgehead atoms. The Kier molecular flexibility index (Phi) is 4.79. The highest BCUT2D eigenvalue weighted by Crippen LogP contribution is 2.31. The first-order valence-corrected chi connectivity index (χ1v) is 6.37. The van der Waals surface area contributed by atoms with Crippen molar-refractivity contribution in [1.29, 1.82) is 0 Å². The fraction of sp³-hybridized carbons (Fsp3) is 0.214. The molecule has 1 atom stereocenters. The Morgan fingerprint density at radius 3 is 2.35 bits per heavy atom. The number of aromatic nitrogens is 1. The van der Waals surface area contributed by atoms with Crippen molar-refractivity contribution in [2.45, 2.75) is 6.04 Å². The third-order valence-corrected chi connectivity index (χ3v) is 3.21. The van der Waals surface area contributed by atoms with Crippen LogP contribution in [0, 0.1) is 0 Å². The molecule has 3 N–H and O–H groups in total. The summed E-state index contributed by atoms with van der Waals surface area (Å²) in [5.41, 5.74) is 4.61. The van der Waals surface area contributed by atoms with Gasteiger partial charge in [-0.3, -0.25) is 5.84 Å². The van der Waals surface area contributed by atoms with Gasteiger partial charge in [0.2, 0.25) is 0 Å². The molecule has 20 heavy (non-hydrogen) atoms. The van der Waals surface area contributed by atoms with Gasteiger partial charge in [0.05, 0.1) is 20.3 Å². The summed E-state index contributed by atoms with van der Waals surface area (Å²) in [7, 11) is 3.19. The average molecular weight is 294 g/mol. The van der Waals surface area contributed by atoms with Crippen molar-refractivity contribution in [2.24, 2.45) is 5.84 Å². The van der Waals surface area contributed by atoms with Crippen molar-refractivity contribution in [3.05, 3.63) is 52.8 Å². The first kappa shape index (κ1) is 14.6. The summed E-state index contributed by atoms with van der Waals surface area (Å²) < 4.78 is 10.5. The SMILES string of the molecule is COc1ccc(C(NN)c2ccc(Cl)nc2)cc1OC. The summed E-state index contributed by atoms with van der Waals surface area (Å²) in [6, 6.07) is 9.01. The predicted octanol–water partition coefficient (Wildman–Crippen LogP) is 2.30. The highest BCUT2D eigenvalue weighted by atomic mass is 35.5. The number of methoxy groups -OCH3 is 2. The molecule has 0 amide bonds. The van der Waals surface area contributed by atoms with Crippen molar-refractivity contribution in [3.8, 4) is 11.5 Å². The zero-order chi connectivity index (χ0) is 14.5. The lowest BCUT2D eigenvalue weighted by molar-refractivity contribution is 0.354. The summed E-state index contributed by atoms with van der Waals surface area (Å²) >= 11 is 5.79. The molecule has 0 radical (unpaired) electrons. The van der Waals surface area contributed by atoms with Crippen molar-refractivity contribution < 1.29 is 9.47 Å². The number of ether oxygens (including phenoxy) is 2. The summed E-state index contributed by atoms with van der Waals surface area (Å²) in [6.07, 6.45) is 1.68. The van der Waals surface area contributed by atoms with Crippen LogP contribution in [0.25, 0.3) is 0 Å². The highest BCUT2D eigenvalue weighted by Gasteiger charge is 2.15. The van der Waals surface area contributed by atoms with Gasteiger partial charge in [0.15, 0.2) is 11.5 Å². The van der Waals surface area contributed by atoms with E-state index in [1.54, 1.807) is 26.5 Å². The van der Waals surface area contributed by atoms with Crippen LogP contribution < -0.4 is 20.7 Å². The molecule has 1 aromatic carbocycles. The van der Waals surface area contributed by atoms with Crippen LogP contribution in [0.15, 0.2) is 36.5 Å². The molecule has 0 saturated carbocycles. The fourth-order valence-electron chi connectivity index (χ4n) is 1.98. The zero-order valence-electron chi connectivity index (χ0n) is 11.3. The van der Waals surface area contributed by atoms with E-state index >= 15 is 0 Å². The van der Waals surface area contributed by atoms with Gasteiger partial charge in [0.1, 0.15) is 5.15 Å². The molecule has 0 aliphatic heterocycles. The number of nitrogens with two attached hydrogens (primary N) is 1. The molecule has 0 aliphatic carbocycles. The highest BCUT2D eigenvalue weighted by molar-refractivity contribution is 6.29. The lowest BCUT2D eigenvalue weighted by atomic mass is 10.0. The molecule has 0 spiro atoms. The summed E-state index contributed by atoms with van der Waals surface area (Å²) in [5, 5.41) is 0.442. The van der Waals surface area contributed by atoms with Crippen LogP contribution in [0.2, 0.25) is 5.15 Å². The van der Waals surface area contributed by atoms with E-state index in [1.165, 1.54) is 0 Å². The molecule has 2 rings (SSSR count). The second-order valence-corrected chi connectivity index (χ2v) is 4.52. The van der Waals surface area contributed by atoms with Gasteiger partial charge in [-0.1, -0.05) is 23.7 Å². The lowest BCUT2D eigenvalue weighted by Gasteiger charge is -2.18. The maximum absolute atomic E-state index is 5.79. The fourth-order valence-corrected chi connectivity index (χ4v) is 2.09. The molecule has 0 saturated heterocycles. The number of benzene rings is 1. The minimum Gasteiger partial charge on any atom is -0.493 e. The van der Waals surface area contributed by atoms with Crippen LogP contribution in [0.1, 0.15) is 17.2 Å². The Labute approximate surface area is 122 Å². The molecular formula is C14H16ClN3O2. The van der Waals surface area contributed by atoms with Gasteiger partial charge in [-0.25, -0.2) is 10.4 Å². The van der Waals surface area contributed by atoms with Gasteiger partial charge in [-0.05, 0) is 29.3 Å². The monoisotopic (exact) mass is 293 g/mol. The Hall–Kier alpha value is -1.82. The molecule has 1 heterocycles. The molecule has 2 aromatic rings. The van der Waals surface area contributed by atoms with E-state index in [4.69, 9.17) is 26.9 Å². The van der Waals surface area contributed by atoms with Crippen molar-refractivity contribution in [1.82, 2.24) is 10.4 Å². The van der Waals surface area contributed by atoms with E-state index < -0.39 is 0 Å². The first-order valence-electron chi connectivity index (χ1n) is 5.99. The van der Waals surface area contributed by atoms with Gasteiger partial charge >= 0.3 is 0 Å². The molecule has 1 unspecified atom stereocenters. The standard InChI is InChI=1S/C14H16ClN3O2/c1-19-11-5-3-9(7-12(11)20-2)14(18-16)10-4-6-13(15)17-8-10/h3-8,14,18H,16H2,1-2H3. The molecule has 106 valence electrons. The number of hydrogen-bond donors (Lipinski definition) is 2. The van der Waals surface area contributed by atoms with Crippen LogP contribution in [0.3, 0.4) is 0 Å². The first-order chi connectivity index (χ1) is 9.69. The van der Waals surface area contributed by atoms with E-state index in [2.05, 4.69) is 10.4 Å². The van der Waals surface area contributed by atoms with Crippen molar-refractivity contribution in [3.63, 3.8) is 0 Å². The largest absolute Gasteiger partial charge is 0.493 e. The van der Waals surface area contributed by atoms with E-state index in [0.717, 1.165) is 11.1 Å². The van der Waals surface area contributed by atoms with E-state index in [0.29, 0.717) is 16.7 Å². The van der Waals surface area contributed by atoms with Crippen LogP contribution in [-0.2, 0) is 0 Å². The molecular weight excluding hydrogens is 278 g/mol. The summed E-state index contributed by atoms with van der Waals surface area (Å²) in [5.74, 6) is 6.97. The van der Waals surface area contributed by atoms with Gasteiger partial charge in [-0.15, -0.1) is 0 Å². The molecule has 0 aliphatic rings. The normalized spacial score (nSPS) is 12.0. The van der Waals surface area contributed by atoms with Crippen LogP contribution in [0.5, 0.6) is 11.5 Å². The smallest absolute Gasteiger partial charge is 0.161 e. The maximum atomic E-state index is 5.79. The quantitative estimate of drug-likeness (QED) is 0.503. The van der Waals surface area contributed by atoms with Gasteiger partial charge in [0, 0.05) is 6.20 Å². The maximum Gasteiger partial charge on any atom is 0.161 e. The minimum absolute atomic E-state index is 0.209. The molecule has 6 heteroatoms. The summed E-state index contributed by atoms with van der Waals surface area (Å²) in [4.78, 5) is 4.06. The van der Waals surface area contributed by atoms with E-state index in [1.807, 2.05) is 24.3 Å². The average Bonchev–Trinajstić information content (AvgIpc) is 2.49. The third-order valence-electron chi connectivity index (χ3n) is 2.99. The van der Waals surface area contributed by atoms with E-state index in [-0.39, 0.29) is 6.04 Å². The Morgan fingerprint density at radius 1 is 1.10 bits per heavy atom. The van der Waals surface area contributed by atoms with Gasteiger partial charge in [-0.2, -0.15) is 0 Å². The zero-order valence-corrected chi connectivity index (χ0v) is 12.0. The molecule has 1 aromatic heterocycles. The van der Waals surface area contributed by atoms with Crippen LogP contribution >= 0.6 is 11.6 Å². The molecule has 0 fully saturated rings. The second-order valence-electron chi connectivity index (χ2n) is 4.13. The number of hydrazine groups is 1. The number of halogens is 1. The Morgan fingerprint density at radius 2 is 1.80 bits per heavy atom. The molecule has 5 nitrogen and oxygen atoms in total. The predicted molar refractivity (Wildman–Crippen MR) is 78.0 cm³/mol. The number of nitrogens with zero attached hydrogens (tertiary/aromatic N) is 1. The van der Waals surface area contributed by atoms with Crippen LogP contribution in [-0.4, -0.2) is 19.2 Å². The number of nitrogens with one attached hydrogen (secondary N) is 1. The minimum atomic E-state index is -0.209. The third kappa shape index (κ3) is 3.01. The van der Waals surface area contributed by atoms with Crippen LogP contribution in [0.4, 0.5) is 0 Å². The van der Waals surface area contributed by atoms with Gasteiger partial charge in [0.25, 0.3) is 0 Å². The number of hydrogen-bond acceptors (Lipinski definition) is 5. The van der Waals surface area contributed by atoms with Gasteiger partial charge < -0.3 is 9.47 Å². The summed E-state index contributed by atoms with van der Waals surface area (Å²) in [6.45, 7) is 0. The second kappa shape index (κ2) is 6.56. The topological polar surface area (TPSA) is 69.4 Å². The number of pyridine rings is 1. The van der Waals surface area contributed by atoms with Crippen molar-refractivity contribution in [2.75, 3.05) is 14.2 Å². The van der Waals surface area contributed by atoms with Crippen molar-refractivity contribution >= 4 is 11.6 Å². The van der Waals surface area contributed by atoms with E-state index in [9.17, 15) is 0 Å². The lowest BCUT2D eigenvalue weighted by Crippen LogP contribution is -2.28. The Bertz CT molecular complexity index is 575. The Balaban J connectivity index is 2.39. The number of rotatable bonds is 5.